The number of benzene rings is 2. The van der Waals surface area contributed by atoms with E-state index in [1.54, 1.807) is 18.4 Å². The number of nitrogens with one attached hydrogen (secondary N) is 1. The first-order valence-electron chi connectivity index (χ1n) is 17.6. The maximum absolute atomic E-state index is 10.2. The molecule has 9 heteroatoms. The lowest BCUT2D eigenvalue weighted by Gasteiger charge is -2.26. The van der Waals surface area contributed by atoms with Crippen LogP contribution < -0.4 is 26.4 Å². The maximum Gasteiger partial charge on any atom is 0.469 e. The van der Waals surface area contributed by atoms with Gasteiger partial charge >= 0.3 is 7.82 Å². The number of hydrogen-bond acceptors (Lipinski definition) is 5. The van der Waals surface area contributed by atoms with Gasteiger partial charge in [0.05, 0.1) is 6.61 Å². The summed E-state index contributed by atoms with van der Waals surface area (Å²) in [6.45, 7) is 25.8. The van der Waals surface area contributed by atoms with E-state index < -0.39 is 7.82 Å². The second-order valence-corrected chi connectivity index (χ2v) is 12.5. The first-order chi connectivity index (χ1) is 23.4. The van der Waals surface area contributed by atoms with Crippen LogP contribution in [0, 0.1) is 0 Å². The Balaban J connectivity index is 0. The Labute approximate surface area is 297 Å². The highest BCUT2D eigenvalue weighted by Gasteiger charge is 2.19. The summed E-state index contributed by atoms with van der Waals surface area (Å²) in [7, 11) is -4.29. The average Bonchev–Trinajstić information content (AvgIpc) is 3.07. The van der Waals surface area contributed by atoms with Crippen molar-refractivity contribution in [3.05, 3.63) is 100 Å². The summed E-state index contributed by atoms with van der Waals surface area (Å²) >= 11 is 0. The average molecular weight is 700 g/mol. The van der Waals surface area contributed by atoms with Crippen molar-refractivity contribution >= 4 is 31.6 Å². The number of carbonyl (C=O) groups excluding carboxylic acids is 1. The van der Waals surface area contributed by atoms with Crippen molar-refractivity contribution in [3.63, 3.8) is 0 Å². The maximum atomic E-state index is 10.2. The van der Waals surface area contributed by atoms with E-state index in [0.29, 0.717) is 13.0 Å². The molecule has 3 rings (SSSR count). The number of primary amides is 1. The third-order valence-corrected chi connectivity index (χ3v) is 7.36. The van der Waals surface area contributed by atoms with Gasteiger partial charge in [-0.05, 0) is 110 Å². The van der Waals surface area contributed by atoms with Crippen LogP contribution in [0.3, 0.4) is 0 Å². The standard InChI is InChI=1S/C26H33N.C7H14NO4P.2C3H8.CH3NO/c1-6-10-11-20-12-14-24-21(16-20)17-22-18-23(27(8-3)9-4)13-15-25(22)26(24)19(5)7-2;1-2-3-5-8-6-4-7-12-13(9,10)11;2*1-3-2;2-1-3/h7,11-16,18H,6,8-10,17H2,1-5H3;2-3,5,8H,1,4,6-7H2,(H2,9,10,11);2*3H2,1-2H3;1H,(H2,2,3)/b19-7+,20-11-;5-3+;;;. The first kappa shape index (κ1) is 47.7. The Bertz CT molecular complexity index is 1420. The van der Waals surface area contributed by atoms with Crippen molar-refractivity contribution in [2.45, 2.75) is 101 Å². The lowest BCUT2D eigenvalue weighted by atomic mass is 9.83. The van der Waals surface area contributed by atoms with Crippen molar-refractivity contribution in [2.75, 3.05) is 31.1 Å². The molecule has 0 bridgehead atoms. The van der Waals surface area contributed by atoms with E-state index in [1.165, 1.54) is 63.2 Å². The topological polar surface area (TPSA) is 125 Å². The zero-order chi connectivity index (χ0) is 37.7. The van der Waals surface area contributed by atoms with Gasteiger partial charge in [0.1, 0.15) is 0 Å². The highest BCUT2D eigenvalue weighted by molar-refractivity contribution is 7.46. The molecule has 0 fully saturated rings. The van der Waals surface area contributed by atoms with Crippen molar-refractivity contribution < 1.29 is 23.7 Å². The van der Waals surface area contributed by atoms with Crippen molar-refractivity contribution in [3.8, 4) is 0 Å². The van der Waals surface area contributed by atoms with E-state index >= 15 is 0 Å². The summed E-state index contributed by atoms with van der Waals surface area (Å²) in [5.41, 5.74) is 12.6. The lowest BCUT2D eigenvalue weighted by molar-refractivity contribution is -0.106. The van der Waals surface area contributed by atoms with Gasteiger partial charge in [-0.15, -0.1) is 0 Å². The lowest BCUT2D eigenvalue weighted by Crippen LogP contribution is -2.25. The minimum absolute atomic E-state index is 0.0409. The number of amides is 1. The molecular formula is C40H66N3O5P. The summed E-state index contributed by atoms with van der Waals surface area (Å²) in [5, 5.41) is 5.65. The molecule has 2 aromatic rings. The van der Waals surface area contributed by atoms with Gasteiger partial charge in [-0.25, -0.2) is 4.57 Å². The van der Waals surface area contributed by atoms with Crippen molar-refractivity contribution in [1.29, 1.82) is 0 Å². The molecule has 0 spiro atoms. The third kappa shape index (κ3) is 20.6. The van der Waals surface area contributed by atoms with Gasteiger partial charge < -0.3 is 25.7 Å². The fourth-order valence-corrected chi connectivity index (χ4v) is 5.06. The Kier molecular flexibility index (Phi) is 28.7. The molecule has 0 unspecified atom stereocenters. The molecule has 1 amide bonds. The minimum atomic E-state index is -4.29. The monoisotopic (exact) mass is 699 g/mol. The number of allylic oxidation sites excluding steroid dienone is 4. The zero-order valence-electron chi connectivity index (χ0n) is 31.8. The molecule has 0 saturated heterocycles. The number of phosphoric ester groups is 1. The highest BCUT2D eigenvalue weighted by Crippen LogP contribution is 2.35. The molecule has 1 aliphatic carbocycles. The Morgan fingerprint density at radius 3 is 2.14 bits per heavy atom. The van der Waals surface area contributed by atoms with Crippen molar-refractivity contribution in [1.82, 2.24) is 5.32 Å². The van der Waals surface area contributed by atoms with Crippen LogP contribution in [0.25, 0.3) is 11.6 Å². The number of phosphoric acid groups is 1. The number of anilines is 1. The van der Waals surface area contributed by atoms with E-state index in [9.17, 15) is 4.57 Å². The zero-order valence-corrected chi connectivity index (χ0v) is 32.7. The van der Waals surface area contributed by atoms with Crippen LogP contribution in [-0.2, 0) is 20.3 Å². The Morgan fingerprint density at radius 1 is 1.02 bits per heavy atom. The first-order valence-corrected chi connectivity index (χ1v) is 19.2. The van der Waals surface area contributed by atoms with Gasteiger partial charge in [-0.2, -0.15) is 0 Å². The summed E-state index contributed by atoms with van der Waals surface area (Å²) in [6, 6.07) is 14.1. The molecule has 0 saturated carbocycles. The molecular weight excluding hydrogens is 633 g/mol. The van der Waals surface area contributed by atoms with Crippen LogP contribution in [0.2, 0.25) is 0 Å². The van der Waals surface area contributed by atoms with Gasteiger partial charge in [-0.3, -0.25) is 9.32 Å². The molecule has 276 valence electrons. The predicted octanol–water partition coefficient (Wildman–Crippen LogP) is 7.89. The number of rotatable bonds is 13. The highest BCUT2D eigenvalue weighted by atomic mass is 31.2. The van der Waals surface area contributed by atoms with Crippen LogP contribution in [0.15, 0.2) is 73.0 Å². The van der Waals surface area contributed by atoms with Crippen LogP contribution >= 0.6 is 7.82 Å². The third-order valence-electron chi connectivity index (χ3n) is 6.84. The van der Waals surface area contributed by atoms with Crippen molar-refractivity contribution in [2.24, 2.45) is 5.73 Å². The van der Waals surface area contributed by atoms with Gasteiger partial charge in [0, 0.05) is 25.3 Å². The summed E-state index contributed by atoms with van der Waals surface area (Å²) in [6.07, 6.45) is 16.3. The fourth-order valence-electron chi connectivity index (χ4n) is 4.69. The molecule has 0 aromatic heterocycles. The van der Waals surface area contributed by atoms with E-state index in [0.717, 1.165) is 25.9 Å². The summed E-state index contributed by atoms with van der Waals surface area (Å²) in [5.74, 6) is 0. The van der Waals surface area contributed by atoms with E-state index in [1.807, 2.05) is 0 Å². The van der Waals surface area contributed by atoms with Crippen LogP contribution in [0.5, 0.6) is 0 Å². The Hall–Kier alpha value is -3.42. The quantitative estimate of drug-likeness (QED) is 0.0725. The van der Waals surface area contributed by atoms with E-state index in [4.69, 9.17) is 14.6 Å². The molecule has 2 aromatic carbocycles. The smallest absolute Gasteiger partial charge is 0.391 e. The van der Waals surface area contributed by atoms with Gasteiger partial charge in [0.2, 0.25) is 6.41 Å². The molecule has 8 nitrogen and oxygen atoms in total. The molecule has 0 atom stereocenters. The largest absolute Gasteiger partial charge is 0.469 e. The Morgan fingerprint density at radius 2 is 1.63 bits per heavy atom. The predicted molar refractivity (Wildman–Crippen MR) is 212 cm³/mol. The number of carbonyl (C=O) groups is 1. The number of nitrogens with zero attached hydrogens (tertiary/aromatic N) is 1. The molecule has 0 aliphatic heterocycles. The van der Waals surface area contributed by atoms with Gasteiger partial charge in [0.25, 0.3) is 0 Å². The second-order valence-electron chi connectivity index (χ2n) is 11.2. The van der Waals surface area contributed by atoms with Gasteiger partial charge in [-0.1, -0.05) is 103 Å². The minimum Gasteiger partial charge on any atom is -0.391 e. The molecule has 49 heavy (non-hydrogen) atoms. The molecule has 0 heterocycles. The van der Waals surface area contributed by atoms with E-state index in [2.05, 4.69) is 138 Å². The molecule has 1 aliphatic rings. The van der Waals surface area contributed by atoms with E-state index in [-0.39, 0.29) is 13.0 Å². The fraction of sp³-hybridized carbons (Fsp3) is 0.475. The summed E-state index contributed by atoms with van der Waals surface area (Å²) in [4.78, 5) is 27.6. The molecule has 0 radical (unpaired) electrons. The SMILES string of the molecule is C/C=C(\C)C1=c2cc/c(=C/CCC)cc2Cc2cc(N(CC)CC)ccc21.C=C/C=C/NCCCOP(=O)(O)O.CCC.CCC.NC=O. The normalized spacial score (nSPS) is 11.9. The summed E-state index contributed by atoms with van der Waals surface area (Å²) < 4.78 is 14.4. The van der Waals surface area contributed by atoms with Crippen LogP contribution in [-0.4, -0.2) is 42.4 Å². The van der Waals surface area contributed by atoms with Gasteiger partial charge in [0.15, 0.2) is 0 Å². The number of unbranched alkanes of at least 4 members (excludes halogenated alkanes) is 1. The number of fused-ring (bicyclic) bond motifs is 2. The number of hydrogen-bond donors (Lipinski definition) is 4. The second kappa shape index (κ2) is 29.5. The number of nitrogens with two attached hydrogens (primary N) is 1. The molecule has 5 N–H and O–H groups in total. The van der Waals surface area contributed by atoms with Crippen LogP contribution in [0.4, 0.5) is 5.69 Å². The van der Waals surface area contributed by atoms with Crippen LogP contribution in [0.1, 0.15) is 111 Å².